The highest BCUT2D eigenvalue weighted by molar-refractivity contribution is 5.13. The van der Waals surface area contributed by atoms with Crippen molar-refractivity contribution in [2.24, 2.45) is 11.3 Å². The van der Waals surface area contributed by atoms with Gasteiger partial charge in [-0.15, -0.1) is 0 Å². The molecule has 0 radical (unpaired) electrons. The molecule has 68 valence electrons. The van der Waals surface area contributed by atoms with E-state index in [1.54, 1.807) is 0 Å². The lowest BCUT2D eigenvalue weighted by Crippen LogP contribution is -2.23. The Balaban J connectivity index is 2.64. The molecular weight excluding hydrogens is 148 g/mol. The minimum Gasteiger partial charge on any atom is -0.395 e. The van der Waals surface area contributed by atoms with Crippen LogP contribution in [0.15, 0.2) is 24.3 Å². The number of aliphatic hydroxyl groups excluding tert-OH is 1. The summed E-state index contributed by atoms with van der Waals surface area (Å²) in [5.74, 6) is 0.532. The molecule has 1 rings (SSSR count). The molecule has 0 saturated heterocycles. The Hall–Kier alpha value is -0.560. The summed E-state index contributed by atoms with van der Waals surface area (Å²) in [5.41, 5.74) is 1.25. The van der Waals surface area contributed by atoms with Crippen LogP contribution < -0.4 is 0 Å². The highest BCUT2D eigenvalue weighted by Gasteiger charge is 2.25. The molecule has 2 unspecified atom stereocenters. The van der Waals surface area contributed by atoms with Crippen LogP contribution in [0.2, 0.25) is 0 Å². The van der Waals surface area contributed by atoms with Crippen molar-refractivity contribution in [3.05, 3.63) is 24.3 Å². The second-order valence-corrected chi connectivity index (χ2v) is 4.16. The molecule has 1 N–H and O–H groups in total. The third-order valence-electron chi connectivity index (χ3n) is 2.75. The summed E-state index contributed by atoms with van der Waals surface area (Å²) in [6.07, 6.45) is 6.51. The van der Waals surface area contributed by atoms with Crippen LogP contribution in [0.5, 0.6) is 0 Å². The van der Waals surface area contributed by atoms with Crippen molar-refractivity contribution in [2.45, 2.75) is 26.7 Å². The lowest BCUT2D eigenvalue weighted by atomic mass is 9.76. The van der Waals surface area contributed by atoms with Gasteiger partial charge in [0.25, 0.3) is 0 Å². The molecule has 12 heavy (non-hydrogen) atoms. The van der Waals surface area contributed by atoms with Gasteiger partial charge in [-0.3, -0.25) is 0 Å². The average molecular weight is 166 g/mol. The smallest absolute Gasteiger partial charge is 0.0519 e. The molecule has 0 heterocycles. The second kappa shape index (κ2) is 3.44. The predicted octanol–water partition coefficient (Wildman–Crippen LogP) is 2.53. The highest BCUT2D eigenvalue weighted by Crippen LogP contribution is 2.34. The molecule has 0 amide bonds. The quantitative estimate of drug-likeness (QED) is 0.625. The van der Waals surface area contributed by atoms with E-state index in [1.165, 1.54) is 5.57 Å². The first kappa shape index (κ1) is 9.53. The molecule has 0 spiro atoms. The van der Waals surface area contributed by atoms with Crippen LogP contribution in [0.3, 0.4) is 0 Å². The van der Waals surface area contributed by atoms with E-state index in [2.05, 4.69) is 32.6 Å². The van der Waals surface area contributed by atoms with Gasteiger partial charge in [0.2, 0.25) is 0 Å². The fourth-order valence-corrected chi connectivity index (χ4v) is 1.56. The molecule has 1 aliphatic carbocycles. The van der Waals surface area contributed by atoms with Crippen molar-refractivity contribution in [1.29, 1.82) is 0 Å². The van der Waals surface area contributed by atoms with Gasteiger partial charge >= 0.3 is 0 Å². The Labute approximate surface area is 74.8 Å². The Bertz CT molecular complexity index is 205. The highest BCUT2D eigenvalue weighted by atomic mass is 16.3. The van der Waals surface area contributed by atoms with Crippen LogP contribution in [0.25, 0.3) is 0 Å². The van der Waals surface area contributed by atoms with Crippen molar-refractivity contribution >= 4 is 0 Å². The molecule has 0 aliphatic heterocycles. The molecule has 0 bridgehead atoms. The zero-order valence-electron chi connectivity index (χ0n) is 8.01. The molecule has 0 fully saturated rings. The molecule has 0 aromatic carbocycles. The first-order valence-corrected chi connectivity index (χ1v) is 4.53. The van der Waals surface area contributed by atoms with Gasteiger partial charge in [0.15, 0.2) is 0 Å². The van der Waals surface area contributed by atoms with Crippen LogP contribution in [0.1, 0.15) is 26.7 Å². The fourth-order valence-electron chi connectivity index (χ4n) is 1.56. The minimum atomic E-state index is 0.0198. The van der Waals surface area contributed by atoms with Crippen molar-refractivity contribution in [2.75, 3.05) is 6.61 Å². The number of aliphatic hydroxyl groups is 1. The first-order chi connectivity index (χ1) is 5.57. The van der Waals surface area contributed by atoms with Gasteiger partial charge in [-0.05, 0) is 25.7 Å². The van der Waals surface area contributed by atoms with Gasteiger partial charge in [0, 0.05) is 5.41 Å². The zero-order chi connectivity index (χ0) is 9.19. The summed E-state index contributed by atoms with van der Waals surface area (Å²) in [7, 11) is 0. The standard InChI is InChI=1S/C11H18O/c1-9(2)10-4-6-11(3,8-12)7-5-10/h4,6,10,12H,1,5,7-8H2,2-3H3. The van der Waals surface area contributed by atoms with E-state index in [0.717, 1.165) is 12.8 Å². The summed E-state index contributed by atoms with van der Waals surface area (Å²) in [5, 5.41) is 9.10. The van der Waals surface area contributed by atoms with E-state index in [0.29, 0.717) is 5.92 Å². The summed E-state index contributed by atoms with van der Waals surface area (Å²) >= 11 is 0. The Morgan fingerprint density at radius 3 is 2.75 bits per heavy atom. The predicted molar refractivity (Wildman–Crippen MR) is 51.9 cm³/mol. The number of allylic oxidation sites excluding steroid dienone is 2. The number of rotatable bonds is 2. The topological polar surface area (TPSA) is 20.2 Å². The normalized spacial score (nSPS) is 35.1. The van der Waals surface area contributed by atoms with Gasteiger partial charge in [-0.2, -0.15) is 0 Å². The lowest BCUT2D eigenvalue weighted by molar-refractivity contribution is 0.164. The maximum absolute atomic E-state index is 9.10. The third-order valence-corrected chi connectivity index (χ3v) is 2.75. The van der Waals surface area contributed by atoms with Crippen molar-refractivity contribution in [3.8, 4) is 0 Å². The van der Waals surface area contributed by atoms with Crippen molar-refractivity contribution < 1.29 is 5.11 Å². The van der Waals surface area contributed by atoms with E-state index >= 15 is 0 Å². The summed E-state index contributed by atoms with van der Waals surface area (Å²) in [6.45, 7) is 8.36. The van der Waals surface area contributed by atoms with Gasteiger partial charge in [0.05, 0.1) is 6.61 Å². The maximum Gasteiger partial charge on any atom is 0.0519 e. The molecule has 0 aromatic heterocycles. The monoisotopic (exact) mass is 166 g/mol. The molecule has 0 aromatic rings. The molecular formula is C11H18O. The van der Waals surface area contributed by atoms with E-state index in [4.69, 9.17) is 5.11 Å². The van der Waals surface area contributed by atoms with Gasteiger partial charge in [-0.25, -0.2) is 0 Å². The Kier molecular flexibility index (Phi) is 2.73. The molecule has 2 atom stereocenters. The van der Waals surface area contributed by atoms with Gasteiger partial charge < -0.3 is 5.11 Å². The van der Waals surface area contributed by atoms with E-state index in [9.17, 15) is 0 Å². The lowest BCUT2D eigenvalue weighted by Gasteiger charge is -2.30. The Morgan fingerprint density at radius 1 is 1.75 bits per heavy atom. The van der Waals surface area contributed by atoms with Crippen LogP contribution in [-0.4, -0.2) is 11.7 Å². The number of hydrogen-bond donors (Lipinski definition) is 1. The van der Waals surface area contributed by atoms with Gasteiger partial charge in [0.1, 0.15) is 0 Å². The molecule has 1 nitrogen and oxygen atoms in total. The van der Waals surface area contributed by atoms with Crippen LogP contribution >= 0.6 is 0 Å². The summed E-state index contributed by atoms with van der Waals surface area (Å²) < 4.78 is 0. The third kappa shape index (κ3) is 1.98. The summed E-state index contributed by atoms with van der Waals surface area (Å²) in [4.78, 5) is 0. The van der Waals surface area contributed by atoms with Crippen LogP contribution in [0.4, 0.5) is 0 Å². The molecule has 0 saturated carbocycles. The van der Waals surface area contributed by atoms with Gasteiger partial charge in [-0.1, -0.05) is 31.2 Å². The maximum atomic E-state index is 9.10. The summed E-state index contributed by atoms with van der Waals surface area (Å²) in [6, 6.07) is 0. The van der Waals surface area contributed by atoms with Crippen molar-refractivity contribution in [1.82, 2.24) is 0 Å². The zero-order valence-corrected chi connectivity index (χ0v) is 8.01. The minimum absolute atomic E-state index is 0.0198. The average Bonchev–Trinajstić information content (AvgIpc) is 2.05. The second-order valence-electron chi connectivity index (χ2n) is 4.16. The van der Waals surface area contributed by atoms with Crippen LogP contribution in [-0.2, 0) is 0 Å². The SMILES string of the molecule is C=C(C)C1C=CC(C)(CO)CC1. The van der Waals surface area contributed by atoms with E-state index < -0.39 is 0 Å². The largest absolute Gasteiger partial charge is 0.395 e. The molecule has 1 aliphatic rings. The van der Waals surface area contributed by atoms with Crippen molar-refractivity contribution in [3.63, 3.8) is 0 Å². The Morgan fingerprint density at radius 2 is 2.42 bits per heavy atom. The molecule has 1 heteroatoms. The van der Waals surface area contributed by atoms with E-state index in [1.807, 2.05) is 0 Å². The van der Waals surface area contributed by atoms with Crippen LogP contribution in [0, 0.1) is 11.3 Å². The number of hydrogen-bond acceptors (Lipinski definition) is 1. The fraction of sp³-hybridized carbons (Fsp3) is 0.636. The first-order valence-electron chi connectivity index (χ1n) is 4.53. The van der Waals surface area contributed by atoms with E-state index in [-0.39, 0.29) is 12.0 Å².